The van der Waals surface area contributed by atoms with E-state index in [2.05, 4.69) is 75.6 Å². The van der Waals surface area contributed by atoms with Crippen LogP contribution in [-0.2, 0) is 25.5 Å². The van der Waals surface area contributed by atoms with E-state index in [4.69, 9.17) is 16.8 Å². The number of rotatable bonds is 3. The van der Waals surface area contributed by atoms with E-state index in [1.807, 2.05) is 39.0 Å². The first-order valence-electron chi connectivity index (χ1n) is 25.1. The standard InChI is InChI=1S/C37H34NO.C16H19N2.Ir/c1-24-23-38-34(21-31(24)26-14-18-37(19-15-26)16-5-2-6-17-37)30-11-7-10-29-33-20-27-13-12-25-8-3-4-9-28(25)32(27)22-35(33)39-36(29)30;1-11-6-8-13(9-7-11)15-17-10-12(2)14(18-15)16(3,4)5;/h3-4,7-10,12-13,20-23,26H,2,5-6,14-19H2,1H3;6-8,10H,1-5H3;/q2*-1;/i1D3,26D;1D3,2D3;. The minimum atomic E-state index is -2.34. The summed E-state index contributed by atoms with van der Waals surface area (Å²) in [5.41, 5.74) is 4.69. The number of aryl methyl sites for hydroxylation is 3. The fourth-order valence-corrected chi connectivity index (χ4v) is 9.12. The summed E-state index contributed by atoms with van der Waals surface area (Å²) in [6.45, 7) is -1.18. The van der Waals surface area contributed by atoms with Crippen LogP contribution in [-0.4, -0.2) is 15.0 Å². The van der Waals surface area contributed by atoms with Crippen molar-refractivity contribution in [3.05, 3.63) is 137 Å². The van der Waals surface area contributed by atoms with Crippen molar-refractivity contribution in [1.82, 2.24) is 15.0 Å². The second-order valence-electron chi connectivity index (χ2n) is 17.0. The van der Waals surface area contributed by atoms with Crippen molar-refractivity contribution >= 4 is 43.5 Å². The summed E-state index contributed by atoms with van der Waals surface area (Å²) in [5.74, 6) is -0.630. The van der Waals surface area contributed by atoms with Crippen LogP contribution < -0.4 is 0 Å². The molecule has 1 radical (unpaired) electrons. The molecule has 4 nitrogen and oxygen atoms in total. The van der Waals surface area contributed by atoms with Crippen molar-refractivity contribution < 1.29 is 38.2 Å². The van der Waals surface area contributed by atoms with E-state index in [0.29, 0.717) is 57.7 Å². The van der Waals surface area contributed by atoms with Crippen molar-refractivity contribution in [2.24, 2.45) is 5.41 Å². The molecule has 2 aliphatic rings. The van der Waals surface area contributed by atoms with Crippen LogP contribution in [0.1, 0.15) is 126 Å². The zero-order valence-electron chi connectivity index (χ0n) is 43.2. The molecule has 5 aromatic carbocycles. The van der Waals surface area contributed by atoms with Gasteiger partial charge >= 0.3 is 0 Å². The van der Waals surface area contributed by atoms with Crippen LogP contribution in [0, 0.1) is 38.1 Å². The maximum absolute atomic E-state index is 9.63. The van der Waals surface area contributed by atoms with Crippen molar-refractivity contribution in [2.45, 2.75) is 110 Å². The third-order valence-electron chi connectivity index (χ3n) is 12.2. The molecule has 2 fully saturated rings. The van der Waals surface area contributed by atoms with Crippen LogP contribution in [0.25, 0.3) is 66.1 Å². The summed E-state index contributed by atoms with van der Waals surface area (Å²) < 4.78 is 86.2. The molecule has 0 atom stereocenters. The number of hydrogen-bond donors (Lipinski definition) is 0. The van der Waals surface area contributed by atoms with Gasteiger partial charge in [-0.25, -0.2) is 0 Å². The molecule has 0 amide bonds. The van der Waals surface area contributed by atoms with Gasteiger partial charge in [0.15, 0.2) is 0 Å². The summed E-state index contributed by atoms with van der Waals surface area (Å²) in [4.78, 5) is 13.2. The van der Waals surface area contributed by atoms with Gasteiger partial charge in [-0.3, -0.25) is 9.97 Å². The summed E-state index contributed by atoms with van der Waals surface area (Å²) in [6.07, 6.45) is 12.5. The largest absolute Gasteiger partial charge is 0.501 e. The van der Waals surface area contributed by atoms with Gasteiger partial charge < -0.3 is 9.40 Å². The maximum Gasteiger partial charge on any atom is 0.121 e. The van der Waals surface area contributed by atoms with E-state index in [9.17, 15) is 1.37 Å². The first-order chi connectivity index (χ1) is 31.5. The molecule has 297 valence electrons. The molecule has 0 saturated heterocycles. The van der Waals surface area contributed by atoms with Crippen LogP contribution in [0.3, 0.4) is 0 Å². The Morgan fingerprint density at radius 1 is 0.759 bits per heavy atom. The zero-order valence-corrected chi connectivity index (χ0v) is 35.6. The minimum Gasteiger partial charge on any atom is -0.501 e. The Kier molecular flexibility index (Phi) is 8.22. The Hall–Kier alpha value is -4.70. The van der Waals surface area contributed by atoms with Crippen LogP contribution in [0.5, 0.6) is 0 Å². The third-order valence-corrected chi connectivity index (χ3v) is 12.2. The van der Waals surface area contributed by atoms with Crippen molar-refractivity contribution in [3.63, 3.8) is 0 Å². The molecule has 58 heavy (non-hydrogen) atoms. The van der Waals surface area contributed by atoms with Gasteiger partial charge in [0, 0.05) is 62.7 Å². The summed E-state index contributed by atoms with van der Waals surface area (Å²) in [6, 6.07) is 33.4. The number of fused-ring (bicyclic) bond motifs is 6. The maximum atomic E-state index is 9.63. The van der Waals surface area contributed by atoms with Gasteiger partial charge in [-0.1, -0.05) is 100 Å². The second kappa shape index (κ2) is 16.2. The molecule has 3 heterocycles. The Labute approximate surface area is 371 Å². The van der Waals surface area contributed by atoms with Crippen molar-refractivity contribution in [1.29, 1.82) is 0 Å². The molecule has 0 unspecified atom stereocenters. The molecule has 2 saturated carbocycles. The molecule has 8 aromatic rings. The van der Waals surface area contributed by atoms with E-state index in [1.165, 1.54) is 67.4 Å². The number of hydrogen-bond acceptors (Lipinski definition) is 4. The van der Waals surface area contributed by atoms with Gasteiger partial charge in [0.25, 0.3) is 0 Å². The molecular weight excluding hydrogens is 887 g/mol. The predicted octanol–water partition coefficient (Wildman–Crippen LogP) is 14.5. The average molecular weight is 950 g/mol. The first-order valence-corrected chi connectivity index (χ1v) is 20.1. The first kappa shape index (κ1) is 29.5. The molecule has 2 aliphatic carbocycles. The van der Waals surface area contributed by atoms with E-state index >= 15 is 0 Å². The Balaban J connectivity index is 0.000000214. The summed E-state index contributed by atoms with van der Waals surface area (Å²) in [7, 11) is 0. The van der Waals surface area contributed by atoms with Crippen molar-refractivity contribution in [3.8, 4) is 22.6 Å². The molecule has 3 aromatic heterocycles. The van der Waals surface area contributed by atoms with Gasteiger partial charge in [-0.2, -0.15) is 0 Å². The summed E-state index contributed by atoms with van der Waals surface area (Å²) in [5, 5.41) is 6.65. The molecule has 0 aliphatic heterocycles. The van der Waals surface area contributed by atoms with Crippen LogP contribution in [0.15, 0.2) is 102 Å². The van der Waals surface area contributed by atoms with E-state index < -0.39 is 31.9 Å². The van der Waals surface area contributed by atoms with Crippen LogP contribution in [0.4, 0.5) is 0 Å². The quantitative estimate of drug-likeness (QED) is 0.131. The van der Waals surface area contributed by atoms with Gasteiger partial charge in [0.05, 0.1) is 11.4 Å². The minimum absolute atomic E-state index is 0. The second-order valence-corrected chi connectivity index (χ2v) is 17.0. The number of aromatic nitrogens is 3. The SMILES string of the molecule is [2H]C([2H])([2H])c1c[c-]c(-c2ncc(C([2H])([2H])[2H])c(C(C)(C)C)n2)cc1.[2H]C([2H])([2H])c1cnc(-c2[c-]ccc3c2oc2cc4c(ccc5ccccc54)cc23)cc1C1([2H])CCC2(CCCCC2)CC1.[Ir]. The van der Waals surface area contributed by atoms with Crippen LogP contribution >= 0.6 is 0 Å². The fourth-order valence-electron chi connectivity index (χ4n) is 9.12. The average Bonchev–Trinajstić information content (AvgIpc) is 3.66. The van der Waals surface area contributed by atoms with E-state index in [0.717, 1.165) is 40.0 Å². The zero-order chi connectivity index (χ0) is 47.7. The van der Waals surface area contributed by atoms with Gasteiger partial charge in [0.2, 0.25) is 0 Å². The molecule has 0 N–H and O–H groups in total. The monoisotopic (exact) mass is 950 g/mol. The molecule has 0 bridgehead atoms. The molecule has 5 heteroatoms. The fraction of sp³-hybridized carbons (Fsp3) is 0.340. The Bertz CT molecular complexity index is 3130. The number of nitrogens with zero attached hydrogens (tertiary/aromatic N) is 3. The predicted molar refractivity (Wildman–Crippen MR) is 237 cm³/mol. The van der Waals surface area contributed by atoms with Gasteiger partial charge in [-0.05, 0) is 120 Å². The van der Waals surface area contributed by atoms with Gasteiger partial charge in [-0.15, -0.1) is 53.6 Å². The van der Waals surface area contributed by atoms with Gasteiger partial charge in [0.1, 0.15) is 5.58 Å². The Morgan fingerprint density at radius 2 is 1.55 bits per heavy atom. The molecule has 10 rings (SSSR count). The van der Waals surface area contributed by atoms with E-state index in [-0.39, 0.29) is 36.8 Å². The van der Waals surface area contributed by atoms with Crippen LogP contribution in [0.2, 0.25) is 0 Å². The Morgan fingerprint density at radius 3 is 2.31 bits per heavy atom. The third kappa shape index (κ3) is 7.76. The smallest absolute Gasteiger partial charge is 0.121 e. The molecule has 1 spiro atoms. The number of furan rings is 1. The summed E-state index contributed by atoms with van der Waals surface area (Å²) >= 11 is 0. The number of pyridine rings is 1. The normalized spacial score (nSPS) is 19.5. The number of benzene rings is 5. The topological polar surface area (TPSA) is 51.8 Å². The van der Waals surface area contributed by atoms with Crippen molar-refractivity contribution in [2.75, 3.05) is 0 Å². The molecular formula is C53H53IrN3O-2. The van der Waals surface area contributed by atoms with E-state index in [1.54, 1.807) is 6.07 Å².